The minimum atomic E-state index is -0.401. The van der Waals surface area contributed by atoms with E-state index in [1.165, 1.54) is 21.5 Å². The van der Waals surface area contributed by atoms with Crippen molar-refractivity contribution in [3.8, 4) is 50.4 Å². The van der Waals surface area contributed by atoms with Crippen LogP contribution in [0.1, 0.15) is 6.85 Å². The highest BCUT2D eigenvalue weighted by molar-refractivity contribution is 6.14. The maximum Gasteiger partial charge on any atom is 0.0629 e. The van der Waals surface area contributed by atoms with Gasteiger partial charge in [0.25, 0.3) is 0 Å². The molecule has 0 aliphatic carbocycles. The fourth-order valence-electron chi connectivity index (χ4n) is 9.85. The van der Waals surface area contributed by atoms with E-state index in [4.69, 9.17) is 6.85 Å². The van der Waals surface area contributed by atoms with E-state index in [1.54, 1.807) is 0 Å². The van der Waals surface area contributed by atoms with Gasteiger partial charge in [-0.1, -0.05) is 139 Å². The fraction of sp³-hybridized carbons (Fsp3) is 0. The Morgan fingerprint density at radius 3 is 0.968 bits per heavy atom. The van der Waals surface area contributed by atoms with Crippen LogP contribution in [0.4, 0.5) is 0 Å². The summed E-state index contributed by atoms with van der Waals surface area (Å²) in [5, 5.41) is 6.98. The summed E-state index contributed by atoms with van der Waals surface area (Å²) >= 11 is 0. The van der Waals surface area contributed by atoms with Gasteiger partial charge in [0.15, 0.2) is 0 Å². The maximum absolute atomic E-state index is 8.63. The molecule has 0 N–H and O–H groups in total. The van der Waals surface area contributed by atoms with Gasteiger partial charge in [0, 0.05) is 49.4 Å². The first-order valence-electron chi connectivity index (χ1n) is 23.8. The number of para-hydroxylation sites is 4. The number of nitrogens with zero attached hydrogens (tertiary/aromatic N) is 3. The Bertz CT molecular complexity index is 3940. The van der Waals surface area contributed by atoms with Gasteiger partial charge in [0.1, 0.15) is 0 Å². The lowest BCUT2D eigenvalue weighted by molar-refractivity contribution is 1.18. The van der Waals surface area contributed by atoms with Crippen molar-refractivity contribution in [1.29, 1.82) is 0 Å². The molecule has 63 heavy (non-hydrogen) atoms. The zero-order valence-electron chi connectivity index (χ0n) is 39.0. The third-order valence-corrected chi connectivity index (χ3v) is 12.7. The van der Waals surface area contributed by atoms with Gasteiger partial charge in [0.2, 0.25) is 0 Å². The second-order valence-corrected chi connectivity index (χ2v) is 16.2. The number of benzene rings is 10. The number of fused-ring (bicyclic) bond motifs is 9. The van der Waals surface area contributed by atoms with Gasteiger partial charge < -0.3 is 13.7 Å². The van der Waals surface area contributed by atoms with Crippen LogP contribution in [0.5, 0.6) is 0 Å². The Morgan fingerprint density at radius 1 is 0.238 bits per heavy atom. The SMILES string of the molecule is [2H]c1c([2H])c([2H])c(-c2ccc(-n3c4ccc(-c5ccc6c(c5)c5ccccc5n6-c5ccccc5)cc4c4cc(-c5ccc6c(c5)c5ccccc5n6-c5ccccc5)ccc43)cc2)c([2H])c1[2H]. The van der Waals surface area contributed by atoms with Crippen molar-refractivity contribution in [2.75, 3.05) is 0 Å². The molecule has 10 aromatic carbocycles. The summed E-state index contributed by atoms with van der Waals surface area (Å²) in [4.78, 5) is 0. The monoisotopic (exact) mass is 806 g/mol. The van der Waals surface area contributed by atoms with Crippen LogP contribution in [0.3, 0.4) is 0 Å². The first-order chi connectivity index (χ1) is 33.3. The number of hydrogen-bond acceptors (Lipinski definition) is 0. The molecule has 0 unspecified atom stereocenters. The van der Waals surface area contributed by atoms with Gasteiger partial charge in [-0.05, 0) is 130 Å². The highest BCUT2D eigenvalue weighted by atomic mass is 15.0. The molecule has 3 heterocycles. The van der Waals surface area contributed by atoms with Gasteiger partial charge in [-0.15, -0.1) is 0 Å². The van der Waals surface area contributed by atoms with Crippen molar-refractivity contribution in [3.05, 3.63) is 236 Å². The van der Waals surface area contributed by atoms with E-state index < -0.39 is 6.04 Å². The fourth-order valence-corrected chi connectivity index (χ4v) is 9.85. The third kappa shape index (κ3) is 5.60. The first-order valence-corrected chi connectivity index (χ1v) is 21.3. The molecule has 0 saturated heterocycles. The Balaban J connectivity index is 1.00. The van der Waals surface area contributed by atoms with Crippen molar-refractivity contribution in [3.63, 3.8) is 0 Å². The Hall–Kier alpha value is -8.40. The van der Waals surface area contributed by atoms with Crippen LogP contribution in [0.2, 0.25) is 0 Å². The molecule has 0 fully saturated rings. The van der Waals surface area contributed by atoms with Crippen molar-refractivity contribution >= 4 is 65.4 Å². The molecule has 13 rings (SSSR count). The Kier molecular flexibility index (Phi) is 6.84. The maximum atomic E-state index is 8.63. The lowest BCUT2D eigenvalue weighted by Gasteiger charge is -2.11. The molecule has 0 spiro atoms. The smallest absolute Gasteiger partial charge is 0.0629 e. The van der Waals surface area contributed by atoms with Gasteiger partial charge in [-0.3, -0.25) is 0 Å². The number of hydrogen-bond donors (Lipinski definition) is 0. The molecule has 294 valence electrons. The van der Waals surface area contributed by atoms with Crippen LogP contribution in [-0.4, -0.2) is 13.7 Å². The van der Waals surface area contributed by atoms with E-state index in [1.807, 2.05) is 24.3 Å². The van der Waals surface area contributed by atoms with Gasteiger partial charge >= 0.3 is 0 Å². The summed E-state index contributed by atoms with van der Waals surface area (Å²) in [6.07, 6.45) is 0. The normalized spacial score (nSPS) is 12.9. The highest BCUT2D eigenvalue weighted by Gasteiger charge is 2.18. The van der Waals surface area contributed by atoms with Gasteiger partial charge in [-0.2, -0.15) is 0 Å². The van der Waals surface area contributed by atoms with Crippen LogP contribution < -0.4 is 0 Å². The summed E-state index contributed by atoms with van der Waals surface area (Å²) in [6, 6.07) is 71.4. The summed E-state index contributed by atoms with van der Waals surface area (Å²) in [5.74, 6) is 0. The van der Waals surface area contributed by atoms with E-state index in [9.17, 15) is 0 Å². The van der Waals surface area contributed by atoms with Crippen LogP contribution in [0.25, 0.3) is 116 Å². The third-order valence-electron chi connectivity index (χ3n) is 12.7. The molecule has 0 atom stereocenters. The van der Waals surface area contributed by atoms with Gasteiger partial charge in [0.05, 0.1) is 40.0 Å². The molecule has 0 radical (unpaired) electrons. The molecular weight excluding hydrogens is 763 g/mol. The molecule has 0 amide bonds. The molecular formula is C60H39N3. The average Bonchev–Trinajstić information content (AvgIpc) is 4.03. The lowest BCUT2D eigenvalue weighted by atomic mass is 9.98. The van der Waals surface area contributed by atoms with Crippen molar-refractivity contribution in [1.82, 2.24) is 13.7 Å². The van der Waals surface area contributed by atoms with E-state index in [-0.39, 0.29) is 29.7 Å². The van der Waals surface area contributed by atoms with Crippen molar-refractivity contribution < 1.29 is 6.85 Å². The van der Waals surface area contributed by atoms with Crippen molar-refractivity contribution in [2.45, 2.75) is 0 Å². The summed E-state index contributed by atoms with van der Waals surface area (Å²) in [6.45, 7) is 0. The van der Waals surface area contributed by atoms with Crippen LogP contribution in [0.15, 0.2) is 236 Å². The predicted molar refractivity (Wildman–Crippen MR) is 266 cm³/mol. The molecule has 3 nitrogen and oxygen atoms in total. The molecule has 0 saturated carbocycles. The zero-order valence-corrected chi connectivity index (χ0v) is 34.0. The molecule has 3 heteroatoms. The largest absolute Gasteiger partial charge is 0.309 e. The standard InChI is InChI=1S/C60H39N3/c1-4-14-40(15-5-1)41-24-30-48(31-25-41)63-59-34-28-44(42-26-32-57-51(36-42)49-20-10-12-22-55(49)61(57)46-16-6-2-7-17-46)38-53(59)54-39-45(29-35-60(54)63)43-27-33-58-52(37-43)50-21-11-13-23-56(50)62(58)47-18-8-3-9-19-47/h1-39H/i1D,4D,5D,14D,15D. The molecule has 0 aliphatic heterocycles. The average molecular weight is 807 g/mol. The Labute approximate surface area is 371 Å². The first kappa shape index (κ1) is 30.6. The zero-order chi connectivity index (χ0) is 45.8. The molecule has 3 aromatic heterocycles. The van der Waals surface area contributed by atoms with E-state index >= 15 is 0 Å². The van der Waals surface area contributed by atoms with Gasteiger partial charge in [-0.25, -0.2) is 0 Å². The highest BCUT2D eigenvalue weighted by Crippen LogP contribution is 2.41. The summed E-state index contributed by atoms with van der Waals surface area (Å²) in [5.41, 5.74) is 15.0. The quantitative estimate of drug-likeness (QED) is 0.159. The summed E-state index contributed by atoms with van der Waals surface area (Å²) in [7, 11) is 0. The van der Waals surface area contributed by atoms with Crippen LogP contribution in [-0.2, 0) is 0 Å². The second-order valence-electron chi connectivity index (χ2n) is 16.2. The lowest BCUT2D eigenvalue weighted by Crippen LogP contribution is -1.94. The van der Waals surface area contributed by atoms with E-state index in [0.29, 0.717) is 5.56 Å². The number of rotatable bonds is 6. The second kappa shape index (κ2) is 14.1. The number of aromatic nitrogens is 3. The minimum Gasteiger partial charge on any atom is -0.309 e. The van der Waals surface area contributed by atoms with Crippen LogP contribution in [0, 0.1) is 0 Å². The topological polar surface area (TPSA) is 14.8 Å². The molecule has 0 aliphatic rings. The predicted octanol–water partition coefficient (Wildman–Crippen LogP) is 16.0. The van der Waals surface area contributed by atoms with Crippen molar-refractivity contribution in [2.24, 2.45) is 0 Å². The van der Waals surface area contributed by atoms with E-state index in [0.717, 1.165) is 83.2 Å². The molecule has 0 bridgehead atoms. The minimum absolute atomic E-state index is 0.187. The van der Waals surface area contributed by atoms with E-state index in [2.05, 4.69) is 196 Å². The molecule has 13 aromatic rings. The Morgan fingerprint density at radius 2 is 0.556 bits per heavy atom. The van der Waals surface area contributed by atoms with Crippen LogP contribution >= 0.6 is 0 Å². The summed E-state index contributed by atoms with van der Waals surface area (Å²) < 4.78 is 48.9.